The molecule has 176 valence electrons. The van der Waals surface area contributed by atoms with Crippen LogP contribution in [-0.2, 0) is 29.9 Å². The molecule has 7 nitrogen and oxygen atoms in total. The second-order valence-corrected chi connectivity index (χ2v) is 11.7. The van der Waals surface area contributed by atoms with Crippen molar-refractivity contribution >= 4 is 49.2 Å². The molecule has 0 unspecified atom stereocenters. The second-order valence-electron chi connectivity index (χ2n) is 9.69. The van der Waals surface area contributed by atoms with Crippen LogP contribution in [0.2, 0.25) is 0 Å². The Balaban J connectivity index is 1.57. The Hall–Kier alpha value is -2.62. The molecule has 1 aliphatic heterocycles. The molecule has 0 atom stereocenters. The minimum Gasteiger partial charge on any atom is -0.370 e. The largest absolute Gasteiger partial charge is 0.370 e. The number of nitrogens with zero attached hydrogens (tertiary/aromatic N) is 4. The van der Waals surface area contributed by atoms with E-state index in [2.05, 4.69) is 32.7 Å². The molecular weight excluding hydrogens is 468 g/mol. The molecule has 4 heterocycles. The van der Waals surface area contributed by atoms with Crippen molar-refractivity contribution in [2.75, 3.05) is 0 Å². The molecule has 5 rings (SSSR count). The number of pyridine rings is 1. The molecule has 9 heteroatoms. The fraction of sp³-hybridized carbons (Fsp3) is 0.400. The van der Waals surface area contributed by atoms with Crippen molar-refractivity contribution in [1.82, 2.24) is 15.0 Å². The summed E-state index contributed by atoms with van der Waals surface area (Å²) in [6, 6.07) is 6.68. The highest BCUT2D eigenvalue weighted by Gasteiger charge is 2.31. The van der Waals surface area contributed by atoms with Gasteiger partial charge >= 0.3 is 0 Å². The van der Waals surface area contributed by atoms with Crippen LogP contribution in [0, 0.1) is 16.0 Å². The summed E-state index contributed by atoms with van der Waals surface area (Å²) in [5.41, 5.74) is 5.50. The van der Waals surface area contributed by atoms with E-state index in [0.717, 1.165) is 49.6 Å². The average Bonchev–Trinajstić information content (AvgIpc) is 3.16. The van der Waals surface area contributed by atoms with Crippen molar-refractivity contribution in [2.45, 2.75) is 63.5 Å². The standard InChI is InChI=1S/C25H26N4O3S2/c1-14(2)9-19-18-11-32-25(3,4)10-17(18)20-21-22(34-23(20)28-19)24(27-13-26-21)33-12-15-5-7-16(8-6-15)29(30)31/h5-8,13-14H,9-12H2,1-4H3. The lowest BCUT2D eigenvalue weighted by molar-refractivity contribution is -0.384. The van der Waals surface area contributed by atoms with E-state index in [1.807, 2.05) is 0 Å². The van der Waals surface area contributed by atoms with Crippen molar-refractivity contribution in [3.05, 3.63) is 63.1 Å². The van der Waals surface area contributed by atoms with Crippen LogP contribution in [0.25, 0.3) is 20.4 Å². The topological polar surface area (TPSA) is 91.0 Å². The van der Waals surface area contributed by atoms with Crippen LogP contribution in [-0.4, -0.2) is 25.5 Å². The molecule has 1 aromatic carbocycles. The van der Waals surface area contributed by atoms with E-state index < -0.39 is 0 Å². The Labute approximate surface area is 206 Å². The lowest BCUT2D eigenvalue weighted by atomic mass is 9.88. The molecule has 34 heavy (non-hydrogen) atoms. The van der Waals surface area contributed by atoms with E-state index >= 15 is 0 Å². The molecule has 0 bridgehead atoms. The van der Waals surface area contributed by atoms with E-state index in [-0.39, 0.29) is 16.2 Å². The van der Waals surface area contributed by atoms with Crippen LogP contribution in [0.15, 0.2) is 35.6 Å². The van der Waals surface area contributed by atoms with Gasteiger partial charge in [0.05, 0.1) is 27.3 Å². The van der Waals surface area contributed by atoms with Gasteiger partial charge in [0, 0.05) is 41.0 Å². The molecule has 1 aliphatic rings. The zero-order valence-electron chi connectivity index (χ0n) is 19.6. The number of ether oxygens (including phenoxy) is 1. The zero-order chi connectivity index (χ0) is 24.0. The molecule has 0 spiro atoms. The van der Waals surface area contributed by atoms with Gasteiger partial charge in [-0.05, 0) is 37.3 Å². The number of thiophene rings is 1. The van der Waals surface area contributed by atoms with Gasteiger partial charge in [-0.1, -0.05) is 26.0 Å². The first kappa shape index (κ1) is 23.1. The summed E-state index contributed by atoms with van der Waals surface area (Å²) in [6.45, 7) is 9.29. The van der Waals surface area contributed by atoms with E-state index in [9.17, 15) is 10.1 Å². The Morgan fingerprint density at radius 1 is 1.21 bits per heavy atom. The van der Waals surface area contributed by atoms with Crippen molar-refractivity contribution in [2.24, 2.45) is 5.92 Å². The van der Waals surface area contributed by atoms with E-state index in [1.54, 1.807) is 53.7 Å². The number of hydrogen-bond acceptors (Lipinski definition) is 8. The lowest BCUT2D eigenvalue weighted by Gasteiger charge is -2.33. The molecule has 0 N–H and O–H groups in total. The predicted octanol–water partition coefficient (Wildman–Crippen LogP) is 6.49. The molecule has 0 saturated carbocycles. The number of nitro groups is 1. The van der Waals surface area contributed by atoms with Crippen molar-refractivity contribution in [1.29, 1.82) is 0 Å². The first-order valence-corrected chi connectivity index (χ1v) is 13.1. The third-order valence-corrected chi connectivity index (χ3v) is 8.27. The molecule has 0 saturated heterocycles. The smallest absolute Gasteiger partial charge is 0.269 e. The number of non-ortho nitro benzene ring substituents is 1. The Kier molecular flexibility index (Phi) is 6.03. The monoisotopic (exact) mass is 494 g/mol. The van der Waals surface area contributed by atoms with Gasteiger partial charge in [0.15, 0.2) is 0 Å². The number of hydrogen-bond donors (Lipinski definition) is 0. The van der Waals surface area contributed by atoms with E-state index in [0.29, 0.717) is 18.3 Å². The fourth-order valence-electron chi connectivity index (χ4n) is 4.38. The van der Waals surface area contributed by atoms with Gasteiger partial charge < -0.3 is 4.74 Å². The highest BCUT2D eigenvalue weighted by molar-refractivity contribution is 7.98. The summed E-state index contributed by atoms with van der Waals surface area (Å²) < 4.78 is 7.22. The maximum atomic E-state index is 10.9. The molecule has 0 aliphatic carbocycles. The zero-order valence-corrected chi connectivity index (χ0v) is 21.3. The maximum absolute atomic E-state index is 10.9. The third kappa shape index (κ3) is 4.39. The minimum absolute atomic E-state index is 0.0997. The van der Waals surface area contributed by atoms with Crippen LogP contribution in [0.4, 0.5) is 5.69 Å². The van der Waals surface area contributed by atoms with Crippen LogP contribution in [0.3, 0.4) is 0 Å². The molecule has 0 radical (unpaired) electrons. The van der Waals surface area contributed by atoms with E-state index in [4.69, 9.17) is 14.7 Å². The fourth-order valence-corrected chi connectivity index (χ4v) is 6.59. The Morgan fingerprint density at radius 3 is 2.68 bits per heavy atom. The van der Waals surface area contributed by atoms with Crippen molar-refractivity contribution in [3.8, 4) is 0 Å². The molecular formula is C25H26N4O3S2. The number of rotatable bonds is 6. The van der Waals surface area contributed by atoms with Gasteiger partial charge in [0.1, 0.15) is 16.2 Å². The number of nitro benzene ring substituents is 1. The summed E-state index contributed by atoms with van der Waals surface area (Å²) in [4.78, 5) is 25.9. The average molecular weight is 495 g/mol. The summed E-state index contributed by atoms with van der Waals surface area (Å²) >= 11 is 3.28. The number of fused-ring (bicyclic) bond motifs is 5. The van der Waals surface area contributed by atoms with Crippen LogP contribution in [0.1, 0.15) is 50.1 Å². The summed E-state index contributed by atoms with van der Waals surface area (Å²) in [5.74, 6) is 1.18. The molecule has 0 amide bonds. The Morgan fingerprint density at radius 2 is 1.97 bits per heavy atom. The lowest BCUT2D eigenvalue weighted by Crippen LogP contribution is -2.33. The first-order valence-electron chi connectivity index (χ1n) is 11.3. The van der Waals surface area contributed by atoms with Gasteiger partial charge in [-0.2, -0.15) is 0 Å². The number of thioether (sulfide) groups is 1. The summed E-state index contributed by atoms with van der Waals surface area (Å²) in [7, 11) is 0. The van der Waals surface area contributed by atoms with Gasteiger partial charge in [-0.25, -0.2) is 15.0 Å². The Bertz CT molecular complexity index is 1400. The van der Waals surface area contributed by atoms with Gasteiger partial charge in [0.25, 0.3) is 5.69 Å². The van der Waals surface area contributed by atoms with Crippen molar-refractivity contribution < 1.29 is 9.66 Å². The highest BCUT2D eigenvalue weighted by Crippen LogP contribution is 2.43. The number of aromatic nitrogens is 3. The summed E-state index contributed by atoms with van der Waals surface area (Å²) in [6.07, 6.45) is 3.38. The maximum Gasteiger partial charge on any atom is 0.269 e. The normalized spacial score (nSPS) is 15.2. The van der Waals surface area contributed by atoms with Gasteiger partial charge in [-0.15, -0.1) is 23.1 Å². The van der Waals surface area contributed by atoms with Crippen LogP contribution < -0.4 is 0 Å². The molecule has 0 fully saturated rings. The second kappa shape index (κ2) is 8.87. The van der Waals surface area contributed by atoms with Gasteiger partial charge in [-0.3, -0.25) is 10.1 Å². The van der Waals surface area contributed by atoms with E-state index in [1.165, 1.54) is 11.1 Å². The number of benzene rings is 1. The SMILES string of the molecule is CC(C)Cc1nc2sc3c(SCc4ccc([N+](=O)[O-])cc4)ncnc3c2c2c1COC(C)(C)C2. The van der Waals surface area contributed by atoms with Crippen LogP contribution >= 0.6 is 23.1 Å². The predicted molar refractivity (Wildman–Crippen MR) is 136 cm³/mol. The molecule has 4 aromatic rings. The third-order valence-electron chi connectivity index (χ3n) is 6.01. The summed E-state index contributed by atoms with van der Waals surface area (Å²) in [5, 5.41) is 13.0. The molecule has 3 aromatic heterocycles. The van der Waals surface area contributed by atoms with Gasteiger partial charge in [0.2, 0.25) is 0 Å². The van der Waals surface area contributed by atoms with Crippen molar-refractivity contribution in [3.63, 3.8) is 0 Å². The van der Waals surface area contributed by atoms with Crippen LogP contribution in [0.5, 0.6) is 0 Å². The quantitative estimate of drug-likeness (QED) is 0.131. The minimum atomic E-state index is -0.379. The highest BCUT2D eigenvalue weighted by atomic mass is 32.2. The first-order chi connectivity index (χ1) is 16.2.